The molecule has 0 aromatic heterocycles. The SMILES string of the molecule is CC1(C)CCCN(C(=O)NC2C=CS(=O)(=O)C2)C1C(=O)O. The van der Waals surface area contributed by atoms with Crippen molar-refractivity contribution < 1.29 is 23.1 Å². The number of hydrogen-bond donors (Lipinski definition) is 2. The molecule has 2 heterocycles. The zero-order valence-electron chi connectivity index (χ0n) is 12.1. The zero-order chi connectivity index (χ0) is 15.8. The number of rotatable bonds is 2. The number of carbonyl (C=O) groups excluding carboxylic acids is 1. The third kappa shape index (κ3) is 3.37. The van der Waals surface area contributed by atoms with E-state index in [0.717, 1.165) is 18.2 Å². The lowest BCUT2D eigenvalue weighted by Gasteiger charge is -2.44. The Morgan fingerprint density at radius 1 is 1.38 bits per heavy atom. The summed E-state index contributed by atoms with van der Waals surface area (Å²) in [5.74, 6) is -1.21. The minimum atomic E-state index is -3.25. The highest BCUT2D eigenvalue weighted by Crippen LogP contribution is 2.35. The topological polar surface area (TPSA) is 104 Å². The maximum atomic E-state index is 12.3. The van der Waals surface area contributed by atoms with Crippen LogP contribution in [0.25, 0.3) is 0 Å². The van der Waals surface area contributed by atoms with Crippen molar-refractivity contribution >= 4 is 21.8 Å². The van der Waals surface area contributed by atoms with Crippen LogP contribution >= 0.6 is 0 Å². The molecule has 2 aliphatic heterocycles. The number of urea groups is 1. The molecule has 0 aliphatic carbocycles. The van der Waals surface area contributed by atoms with Gasteiger partial charge in [0.15, 0.2) is 9.84 Å². The molecule has 0 aromatic carbocycles. The summed E-state index contributed by atoms with van der Waals surface area (Å²) in [6, 6.07) is -2.03. The Kier molecular flexibility index (Phi) is 4.01. The summed E-state index contributed by atoms with van der Waals surface area (Å²) < 4.78 is 22.7. The first-order chi connectivity index (χ1) is 9.62. The van der Waals surface area contributed by atoms with Crippen LogP contribution < -0.4 is 5.32 Å². The van der Waals surface area contributed by atoms with E-state index in [2.05, 4.69) is 5.32 Å². The van der Waals surface area contributed by atoms with E-state index in [1.165, 1.54) is 11.0 Å². The second-order valence-electron chi connectivity index (χ2n) is 6.24. The molecule has 2 aliphatic rings. The predicted molar refractivity (Wildman–Crippen MR) is 76.4 cm³/mol. The summed E-state index contributed by atoms with van der Waals surface area (Å²) in [4.78, 5) is 25.1. The average molecular weight is 316 g/mol. The third-order valence-corrected chi connectivity index (χ3v) is 5.40. The van der Waals surface area contributed by atoms with Crippen LogP contribution in [-0.4, -0.2) is 54.8 Å². The van der Waals surface area contributed by atoms with Gasteiger partial charge in [-0.25, -0.2) is 18.0 Å². The first kappa shape index (κ1) is 15.8. The molecule has 118 valence electrons. The van der Waals surface area contributed by atoms with Crippen LogP contribution in [0.1, 0.15) is 26.7 Å². The highest BCUT2D eigenvalue weighted by Gasteiger charge is 2.45. The molecular weight excluding hydrogens is 296 g/mol. The number of amides is 2. The van der Waals surface area contributed by atoms with Gasteiger partial charge < -0.3 is 15.3 Å². The van der Waals surface area contributed by atoms with Crippen LogP contribution in [0.5, 0.6) is 0 Å². The minimum Gasteiger partial charge on any atom is -0.480 e. The van der Waals surface area contributed by atoms with E-state index in [9.17, 15) is 23.1 Å². The first-order valence-electron chi connectivity index (χ1n) is 6.83. The molecular formula is C13H20N2O5S. The summed E-state index contributed by atoms with van der Waals surface area (Å²) in [6.07, 6.45) is 2.87. The van der Waals surface area contributed by atoms with Crippen molar-refractivity contribution in [3.8, 4) is 0 Å². The lowest BCUT2D eigenvalue weighted by molar-refractivity contribution is -0.148. The van der Waals surface area contributed by atoms with E-state index in [-0.39, 0.29) is 5.75 Å². The highest BCUT2D eigenvalue weighted by molar-refractivity contribution is 7.94. The highest BCUT2D eigenvalue weighted by atomic mass is 32.2. The molecule has 2 amide bonds. The Morgan fingerprint density at radius 2 is 2.05 bits per heavy atom. The van der Waals surface area contributed by atoms with Crippen LogP contribution in [-0.2, 0) is 14.6 Å². The van der Waals surface area contributed by atoms with Gasteiger partial charge in [-0.15, -0.1) is 0 Å². The maximum absolute atomic E-state index is 12.3. The fraction of sp³-hybridized carbons (Fsp3) is 0.692. The maximum Gasteiger partial charge on any atom is 0.327 e. The number of aliphatic carboxylic acids is 1. The summed E-state index contributed by atoms with van der Waals surface area (Å²) in [5.41, 5.74) is -0.515. The Labute approximate surface area is 123 Å². The Bertz CT molecular complexity index is 581. The van der Waals surface area contributed by atoms with Gasteiger partial charge in [0.05, 0.1) is 11.8 Å². The number of likely N-dealkylation sites (tertiary alicyclic amines) is 1. The van der Waals surface area contributed by atoms with E-state index in [0.29, 0.717) is 6.54 Å². The van der Waals surface area contributed by atoms with Gasteiger partial charge >= 0.3 is 12.0 Å². The molecule has 0 aromatic rings. The first-order valence-corrected chi connectivity index (χ1v) is 8.55. The molecule has 0 saturated carbocycles. The molecule has 2 N–H and O–H groups in total. The van der Waals surface area contributed by atoms with Gasteiger partial charge in [0.1, 0.15) is 6.04 Å². The number of piperidine rings is 1. The minimum absolute atomic E-state index is 0.173. The number of nitrogens with one attached hydrogen (secondary N) is 1. The fourth-order valence-corrected chi connectivity index (χ4v) is 4.22. The van der Waals surface area contributed by atoms with Gasteiger partial charge in [0, 0.05) is 12.0 Å². The van der Waals surface area contributed by atoms with Gasteiger partial charge in [0.25, 0.3) is 0 Å². The number of carbonyl (C=O) groups is 2. The van der Waals surface area contributed by atoms with Gasteiger partial charge in [-0.3, -0.25) is 0 Å². The monoisotopic (exact) mass is 316 g/mol. The number of carboxylic acid groups (broad SMARTS) is 1. The quantitative estimate of drug-likeness (QED) is 0.775. The molecule has 2 unspecified atom stereocenters. The molecule has 0 bridgehead atoms. The molecule has 0 spiro atoms. The average Bonchev–Trinajstić information content (AvgIpc) is 2.66. The number of sulfone groups is 1. The number of hydrogen-bond acceptors (Lipinski definition) is 4. The lowest BCUT2D eigenvalue weighted by atomic mass is 9.76. The molecule has 2 atom stereocenters. The summed E-state index contributed by atoms with van der Waals surface area (Å²) in [7, 11) is -3.25. The predicted octanol–water partition coefficient (Wildman–Crippen LogP) is 0.582. The van der Waals surface area contributed by atoms with E-state index >= 15 is 0 Å². The Morgan fingerprint density at radius 3 is 2.57 bits per heavy atom. The van der Waals surface area contributed by atoms with Crippen molar-refractivity contribution in [3.63, 3.8) is 0 Å². The number of carboxylic acids is 1. The van der Waals surface area contributed by atoms with Crippen LogP contribution in [0.4, 0.5) is 4.79 Å². The van der Waals surface area contributed by atoms with Crippen LogP contribution in [0.3, 0.4) is 0 Å². The fourth-order valence-electron chi connectivity index (χ4n) is 2.99. The molecule has 7 nitrogen and oxygen atoms in total. The van der Waals surface area contributed by atoms with Crippen molar-refractivity contribution in [1.82, 2.24) is 10.2 Å². The summed E-state index contributed by atoms with van der Waals surface area (Å²) >= 11 is 0. The van der Waals surface area contributed by atoms with Crippen molar-refractivity contribution in [2.24, 2.45) is 5.41 Å². The molecule has 2 rings (SSSR count). The van der Waals surface area contributed by atoms with Gasteiger partial charge in [-0.1, -0.05) is 13.8 Å². The van der Waals surface area contributed by atoms with E-state index in [1.807, 2.05) is 13.8 Å². The van der Waals surface area contributed by atoms with Gasteiger partial charge in [-0.05, 0) is 24.3 Å². The standard InChI is InChI=1S/C13H20N2O5S/c1-13(2)5-3-6-15(10(13)11(16)17)12(18)14-9-4-7-21(19,20)8-9/h4,7,9-10H,3,5-6,8H2,1-2H3,(H,14,18)(H,16,17). The second kappa shape index (κ2) is 5.32. The summed E-state index contributed by atoms with van der Waals surface area (Å²) in [6.45, 7) is 4.01. The van der Waals surface area contributed by atoms with Crippen molar-refractivity contribution in [2.45, 2.75) is 38.8 Å². The lowest BCUT2D eigenvalue weighted by Crippen LogP contribution is -2.59. The smallest absolute Gasteiger partial charge is 0.327 e. The Balaban J connectivity index is 2.10. The van der Waals surface area contributed by atoms with E-state index in [1.54, 1.807) is 0 Å². The normalized spacial score (nSPS) is 30.1. The van der Waals surface area contributed by atoms with Crippen LogP contribution in [0.2, 0.25) is 0 Å². The van der Waals surface area contributed by atoms with Crippen molar-refractivity contribution in [1.29, 1.82) is 0 Å². The van der Waals surface area contributed by atoms with Crippen molar-refractivity contribution in [2.75, 3.05) is 12.3 Å². The molecule has 1 fully saturated rings. The molecule has 0 radical (unpaired) electrons. The molecule has 8 heteroatoms. The van der Waals surface area contributed by atoms with Crippen LogP contribution in [0, 0.1) is 5.41 Å². The third-order valence-electron chi connectivity index (χ3n) is 4.01. The van der Waals surface area contributed by atoms with E-state index in [4.69, 9.17) is 0 Å². The Hall–Kier alpha value is -1.57. The molecule has 21 heavy (non-hydrogen) atoms. The zero-order valence-corrected chi connectivity index (χ0v) is 12.9. The van der Waals surface area contributed by atoms with Crippen molar-refractivity contribution in [3.05, 3.63) is 11.5 Å². The second-order valence-corrected chi connectivity index (χ2v) is 8.17. The van der Waals surface area contributed by atoms with Gasteiger partial charge in [0.2, 0.25) is 0 Å². The largest absolute Gasteiger partial charge is 0.480 e. The number of nitrogens with zero attached hydrogens (tertiary/aromatic N) is 1. The van der Waals surface area contributed by atoms with Crippen LogP contribution in [0.15, 0.2) is 11.5 Å². The van der Waals surface area contributed by atoms with Gasteiger partial charge in [-0.2, -0.15) is 0 Å². The van der Waals surface area contributed by atoms with E-state index < -0.39 is 39.3 Å². The molecule has 1 saturated heterocycles. The summed E-state index contributed by atoms with van der Waals surface area (Å²) in [5, 5.41) is 13.1.